The summed E-state index contributed by atoms with van der Waals surface area (Å²) >= 11 is 1.54. The van der Waals surface area contributed by atoms with E-state index in [2.05, 4.69) is 15.5 Å². The maximum atomic E-state index is 12.2. The monoisotopic (exact) mass is 302 g/mol. The van der Waals surface area contributed by atoms with Crippen molar-refractivity contribution in [3.8, 4) is 10.6 Å². The first-order chi connectivity index (χ1) is 10.1. The molecule has 3 N–H and O–H groups in total. The summed E-state index contributed by atoms with van der Waals surface area (Å²) in [5.74, 6) is 0.0981. The van der Waals surface area contributed by atoms with Crippen LogP contribution in [0.5, 0.6) is 0 Å². The van der Waals surface area contributed by atoms with Crippen LogP contribution in [0.3, 0.4) is 0 Å². The summed E-state index contributed by atoms with van der Waals surface area (Å²) in [6, 6.07) is 7.89. The van der Waals surface area contributed by atoms with E-state index >= 15 is 0 Å². The molecule has 3 rings (SSSR count). The van der Waals surface area contributed by atoms with Gasteiger partial charge in [-0.3, -0.25) is 4.79 Å². The Morgan fingerprint density at radius 2 is 2.24 bits per heavy atom. The number of nitrogens with one attached hydrogen (secondary N) is 1. The number of amides is 1. The molecule has 1 aromatic carbocycles. The first-order valence-electron chi connectivity index (χ1n) is 7.09. The number of aromatic nitrogens is 2. The Morgan fingerprint density at radius 1 is 1.38 bits per heavy atom. The summed E-state index contributed by atoms with van der Waals surface area (Å²) < 4.78 is 0. The number of aryl methyl sites for hydroxylation is 1. The quantitative estimate of drug-likeness (QED) is 0.913. The second kappa shape index (κ2) is 5.91. The van der Waals surface area contributed by atoms with Gasteiger partial charge in [0.15, 0.2) is 0 Å². The van der Waals surface area contributed by atoms with Gasteiger partial charge in [0.25, 0.3) is 0 Å². The number of nitrogens with two attached hydrogens (primary N) is 1. The van der Waals surface area contributed by atoms with Crippen molar-refractivity contribution in [2.24, 2.45) is 11.7 Å². The van der Waals surface area contributed by atoms with Gasteiger partial charge in [-0.25, -0.2) is 0 Å². The van der Waals surface area contributed by atoms with Gasteiger partial charge in [-0.1, -0.05) is 23.5 Å². The number of rotatable bonds is 3. The predicted molar refractivity (Wildman–Crippen MR) is 84.0 cm³/mol. The van der Waals surface area contributed by atoms with E-state index < -0.39 is 0 Å². The Kier molecular flexibility index (Phi) is 3.98. The zero-order valence-corrected chi connectivity index (χ0v) is 12.7. The van der Waals surface area contributed by atoms with Crippen LogP contribution in [0.4, 0.5) is 5.69 Å². The smallest absolute Gasteiger partial charge is 0.227 e. The summed E-state index contributed by atoms with van der Waals surface area (Å²) in [6.45, 7) is 1.93. The highest BCUT2D eigenvalue weighted by Crippen LogP contribution is 2.28. The Bertz CT molecular complexity index is 655. The Labute approximate surface area is 127 Å². The molecule has 0 aliphatic heterocycles. The van der Waals surface area contributed by atoms with Gasteiger partial charge in [0.1, 0.15) is 10.0 Å². The van der Waals surface area contributed by atoms with Crippen molar-refractivity contribution in [3.63, 3.8) is 0 Å². The minimum absolute atomic E-state index is 0.0347. The molecule has 1 saturated carbocycles. The highest BCUT2D eigenvalue weighted by Gasteiger charge is 2.27. The molecule has 0 spiro atoms. The van der Waals surface area contributed by atoms with E-state index in [0.29, 0.717) is 0 Å². The minimum Gasteiger partial charge on any atom is -0.328 e. The van der Waals surface area contributed by atoms with Crippen molar-refractivity contribution in [2.75, 3.05) is 5.32 Å². The van der Waals surface area contributed by atoms with Crippen LogP contribution in [0, 0.1) is 12.8 Å². The van der Waals surface area contributed by atoms with Crippen molar-refractivity contribution in [1.29, 1.82) is 0 Å². The molecule has 1 aliphatic rings. The van der Waals surface area contributed by atoms with E-state index in [0.717, 1.165) is 40.5 Å². The third kappa shape index (κ3) is 3.28. The number of benzene rings is 1. The molecule has 1 amide bonds. The Morgan fingerprint density at radius 3 is 2.90 bits per heavy atom. The molecular formula is C15H18N4OS. The van der Waals surface area contributed by atoms with Gasteiger partial charge in [-0.2, -0.15) is 0 Å². The molecule has 1 heterocycles. The molecule has 1 aromatic heterocycles. The van der Waals surface area contributed by atoms with Crippen LogP contribution in [-0.4, -0.2) is 22.1 Å². The average Bonchev–Trinajstić information content (AvgIpc) is 3.08. The number of hydrogen-bond acceptors (Lipinski definition) is 5. The van der Waals surface area contributed by atoms with Gasteiger partial charge in [0.2, 0.25) is 5.91 Å². The molecule has 110 valence electrons. The van der Waals surface area contributed by atoms with Crippen LogP contribution in [-0.2, 0) is 4.79 Å². The van der Waals surface area contributed by atoms with Crippen molar-refractivity contribution < 1.29 is 4.79 Å². The van der Waals surface area contributed by atoms with Gasteiger partial charge < -0.3 is 11.1 Å². The molecular weight excluding hydrogens is 284 g/mol. The molecule has 1 aliphatic carbocycles. The molecule has 1 fully saturated rings. The van der Waals surface area contributed by atoms with Crippen molar-refractivity contribution in [2.45, 2.75) is 32.2 Å². The van der Waals surface area contributed by atoms with Crippen molar-refractivity contribution >= 4 is 22.9 Å². The van der Waals surface area contributed by atoms with Gasteiger partial charge >= 0.3 is 0 Å². The normalized spacial score (nSPS) is 21.4. The lowest BCUT2D eigenvalue weighted by Gasteiger charge is -2.11. The molecule has 0 bridgehead atoms. The lowest BCUT2D eigenvalue weighted by Crippen LogP contribution is -2.23. The third-order valence-electron chi connectivity index (χ3n) is 3.75. The fourth-order valence-electron chi connectivity index (χ4n) is 2.64. The standard InChI is InChI=1S/C15H18N4OS/c1-9-18-19-15(21-9)11-3-2-4-13(8-11)17-14(20)10-5-6-12(16)7-10/h2-4,8,10,12H,5-7,16H2,1H3,(H,17,20)/t10-,12+/m0/s1. The van der Waals surface area contributed by atoms with Gasteiger partial charge in [-0.05, 0) is 38.3 Å². The molecule has 2 atom stereocenters. The topological polar surface area (TPSA) is 80.9 Å². The summed E-state index contributed by atoms with van der Waals surface area (Å²) in [7, 11) is 0. The van der Waals surface area contributed by atoms with E-state index in [1.165, 1.54) is 0 Å². The van der Waals surface area contributed by atoms with Crippen LogP contribution in [0.15, 0.2) is 24.3 Å². The number of carbonyl (C=O) groups excluding carboxylic acids is 1. The first-order valence-corrected chi connectivity index (χ1v) is 7.90. The molecule has 5 nitrogen and oxygen atoms in total. The number of anilines is 1. The maximum absolute atomic E-state index is 12.2. The minimum atomic E-state index is 0.0347. The van der Waals surface area contributed by atoms with Crippen LogP contribution in [0.2, 0.25) is 0 Å². The Balaban J connectivity index is 1.73. The number of nitrogens with zero attached hydrogens (tertiary/aromatic N) is 2. The molecule has 21 heavy (non-hydrogen) atoms. The first kappa shape index (κ1) is 14.2. The summed E-state index contributed by atoms with van der Waals surface area (Å²) in [6.07, 6.45) is 2.59. The number of carbonyl (C=O) groups is 1. The Hall–Kier alpha value is -1.79. The highest BCUT2D eigenvalue weighted by molar-refractivity contribution is 7.14. The molecule has 0 saturated heterocycles. The van der Waals surface area contributed by atoms with Gasteiger partial charge in [0, 0.05) is 23.2 Å². The summed E-state index contributed by atoms with van der Waals surface area (Å²) in [5.41, 5.74) is 7.64. The summed E-state index contributed by atoms with van der Waals surface area (Å²) in [5, 5.41) is 12.9. The van der Waals surface area contributed by atoms with E-state index in [4.69, 9.17) is 5.73 Å². The third-order valence-corrected chi connectivity index (χ3v) is 4.63. The van der Waals surface area contributed by atoms with Crippen LogP contribution < -0.4 is 11.1 Å². The predicted octanol–water partition coefficient (Wildman–Crippen LogP) is 2.58. The van der Waals surface area contributed by atoms with Gasteiger partial charge in [-0.15, -0.1) is 10.2 Å². The van der Waals surface area contributed by atoms with Crippen molar-refractivity contribution in [3.05, 3.63) is 29.3 Å². The lowest BCUT2D eigenvalue weighted by molar-refractivity contribution is -0.119. The zero-order chi connectivity index (χ0) is 14.8. The maximum Gasteiger partial charge on any atom is 0.227 e. The van der Waals surface area contributed by atoms with Gasteiger partial charge in [0.05, 0.1) is 0 Å². The highest BCUT2D eigenvalue weighted by atomic mass is 32.1. The van der Waals surface area contributed by atoms with Crippen molar-refractivity contribution in [1.82, 2.24) is 10.2 Å². The SMILES string of the molecule is Cc1nnc(-c2cccc(NC(=O)[C@H]3CC[C@@H](N)C3)c2)s1. The summed E-state index contributed by atoms with van der Waals surface area (Å²) in [4.78, 5) is 12.2. The van der Waals surface area contributed by atoms with Crippen LogP contribution in [0.25, 0.3) is 10.6 Å². The fraction of sp³-hybridized carbons (Fsp3) is 0.400. The molecule has 0 radical (unpaired) electrons. The number of hydrogen-bond donors (Lipinski definition) is 2. The molecule has 6 heteroatoms. The molecule has 0 unspecified atom stereocenters. The van der Waals surface area contributed by atoms with E-state index in [1.807, 2.05) is 31.2 Å². The lowest BCUT2D eigenvalue weighted by atomic mass is 10.1. The van der Waals surface area contributed by atoms with E-state index in [9.17, 15) is 4.79 Å². The second-order valence-electron chi connectivity index (χ2n) is 5.47. The van der Waals surface area contributed by atoms with E-state index in [-0.39, 0.29) is 17.9 Å². The second-order valence-corrected chi connectivity index (χ2v) is 6.65. The largest absolute Gasteiger partial charge is 0.328 e. The fourth-order valence-corrected chi connectivity index (χ4v) is 3.33. The van der Waals surface area contributed by atoms with Crippen LogP contribution >= 0.6 is 11.3 Å². The average molecular weight is 302 g/mol. The van der Waals surface area contributed by atoms with Crippen LogP contribution in [0.1, 0.15) is 24.3 Å². The van der Waals surface area contributed by atoms with E-state index in [1.54, 1.807) is 11.3 Å². The zero-order valence-electron chi connectivity index (χ0n) is 11.9. The molecule has 2 aromatic rings.